The number of benzene rings is 2. The van der Waals surface area contributed by atoms with Gasteiger partial charge in [-0.1, -0.05) is 24.3 Å². The number of hydrogen-bond donors (Lipinski definition) is 0. The second-order valence-corrected chi connectivity index (χ2v) is 8.07. The van der Waals surface area contributed by atoms with Gasteiger partial charge in [0.15, 0.2) is 12.9 Å². The molecule has 9 heteroatoms. The number of ether oxygens (including phenoxy) is 1. The minimum atomic E-state index is -3.96. The predicted molar refractivity (Wildman–Crippen MR) is 99.1 cm³/mol. The molecule has 1 fully saturated rings. The molecule has 3 rings (SSSR count). The Morgan fingerprint density at radius 2 is 1.68 bits per heavy atom. The smallest absolute Gasteiger partial charge is 0.260 e. The van der Waals surface area contributed by atoms with Crippen molar-refractivity contribution in [2.24, 2.45) is 0 Å². The second kappa shape index (κ2) is 8.49. The molecule has 7 nitrogen and oxygen atoms in total. The second-order valence-electron chi connectivity index (χ2n) is 6.16. The maximum Gasteiger partial charge on any atom is 0.260 e. The maximum absolute atomic E-state index is 13.9. The SMILES string of the molecule is O=Cc1ccccc1OCC(=O)N1CCN(S(=O)(=O)c2ccccc2F)CC1. The van der Waals surface area contributed by atoms with Crippen LogP contribution in [0.25, 0.3) is 0 Å². The lowest BCUT2D eigenvalue weighted by Gasteiger charge is -2.34. The van der Waals surface area contributed by atoms with Gasteiger partial charge in [-0.05, 0) is 24.3 Å². The van der Waals surface area contributed by atoms with Gasteiger partial charge in [0, 0.05) is 26.2 Å². The standard InChI is InChI=1S/C19H19FN2O5S/c20-16-6-2-4-8-18(16)28(25,26)22-11-9-21(10-12-22)19(24)14-27-17-7-3-1-5-15(17)13-23/h1-8,13H,9-12,14H2. The Balaban J connectivity index is 1.58. The van der Waals surface area contributed by atoms with Crippen LogP contribution in [0, 0.1) is 5.82 Å². The molecule has 0 N–H and O–H groups in total. The lowest BCUT2D eigenvalue weighted by molar-refractivity contribution is -0.134. The van der Waals surface area contributed by atoms with Crippen LogP contribution in [-0.4, -0.2) is 62.6 Å². The number of amides is 1. The molecule has 28 heavy (non-hydrogen) atoms. The Morgan fingerprint density at radius 3 is 2.36 bits per heavy atom. The summed E-state index contributed by atoms with van der Waals surface area (Å²) in [5, 5.41) is 0. The predicted octanol–water partition coefficient (Wildman–Crippen LogP) is 1.55. The molecule has 1 amide bonds. The van der Waals surface area contributed by atoms with E-state index in [1.54, 1.807) is 24.3 Å². The van der Waals surface area contributed by atoms with Crippen molar-refractivity contribution in [2.45, 2.75) is 4.90 Å². The van der Waals surface area contributed by atoms with Gasteiger partial charge in [0.05, 0.1) is 5.56 Å². The molecule has 0 atom stereocenters. The number of halogens is 1. The zero-order chi connectivity index (χ0) is 20.1. The Morgan fingerprint density at radius 1 is 1.04 bits per heavy atom. The molecule has 0 unspecified atom stereocenters. The minimum absolute atomic E-state index is 0.0628. The van der Waals surface area contributed by atoms with E-state index in [1.807, 2.05) is 0 Å². The van der Waals surface area contributed by atoms with Crippen molar-refractivity contribution in [1.29, 1.82) is 0 Å². The van der Waals surface area contributed by atoms with Crippen molar-refractivity contribution in [3.63, 3.8) is 0 Å². The van der Waals surface area contributed by atoms with Crippen molar-refractivity contribution in [2.75, 3.05) is 32.8 Å². The number of carbonyl (C=O) groups excluding carboxylic acids is 2. The Kier molecular flexibility index (Phi) is 6.05. The molecule has 2 aromatic rings. The summed E-state index contributed by atoms with van der Waals surface area (Å²) in [7, 11) is -3.96. The van der Waals surface area contributed by atoms with E-state index in [-0.39, 0.29) is 43.6 Å². The summed E-state index contributed by atoms with van der Waals surface area (Å²) < 4.78 is 45.6. The number of aldehydes is 1. The van der Waals surface area contributed by atoms with Crippen LogP contribution in [0.1, 0.15) is 10.4 Å². The normalized spacial score (nSPS) is 15.2. The van der Waals surface area contributed by atoms with Crippen molar-refractivity contribution in [1.82, 2.24) is 9.21 Å². The van der Waals surface area contributed by atoms with Crippen LogP contribution >= 0.6 is 0 Å². The summed E-state index contributed by atoms with van der Waals surface area (Å²) in [6.07, 6.45) is 0.645. The summed E-state index contributed by atoms with van der Waals surface area (Å²) >= 11 is 0. The molecule has 0 aromatic heterocycles. The quantitative estimate of drug-likeness (QED) is 0.680. The number of rotatable bonds is 6. The fraction of sp³-hybridized carbons (Fsp3) is 0.263. The van der Waals surface area contributed by atoms with Gasteiger partial charge < -0.3 is 9.64 Å². The molecule has 0 aliphatic carbocycles. The first-order valence-electron chi connectivity index (χ1n) is 8.63. The van der Waals surface area contributed by atoms with Crippen LogP contribution in [-0.2, 0) is 14.8 Å². The van der Waals surface area contributed by atoms with Crippen LogP contribution in [0.5, 0.6) is 5.75 Å². The van der Waals surface area contributed by atoms with Gasteiger partial charge in [-0.2, -0.15) is 4.31 Å². The molecule has 0 saturated carbocycles. The van der Waals surface area contributed by atoms with Crippen LogP contribution in [0.2, 0.25) is 0 Å². The minimum Gasteiger partial charge on any atom is -0.483 e. The maximum atomic E-state index is 13.9. The summed E-state index contributed by atoms with van der Waals surface area (Å²) in [4.78, 5) is 24.4. The zero-order valence-electron chi connectivity index (χ0n) is 15.0. The van der Waals surface area contributed by atoms with Gasteiger partial charge in [0.25, 0.3) is 5.91 Å². The third-order valence-electron chi connectivity index (χ3n) is 4.44. The Labute approximate surface area is 162 Å². The van der Waals surface area contributed by atoms with Gasteiger partial charge >= 0.3 is 0 Å². The molecular weight excluding hydrogens is 387 g/mol. The van der Waals surface area contributed by atoms with Gasteiger partial charge in [0.1, 0.15) is 16.5 Å². The van der Waals surface area contributed by atoms with Gasteiger partial charge in [-0.3, -0.25) is 9.59 Å². The fourth-order valence-corrected chi connectivity index (χ4v) is 4.40. The van der Waals surface area contributed by atoms with E-state index >= 15 is 0 Å². The van der Waals surface area contributed by atoms with Gasteiger partial charge in [-0.25, -0.2) is 12.8 Å². The van der Waals surface area contributed by atoms with Crippen LogP contribution < -0.4 is 4.74 Å². The van der Waals surface area contributed by atoms with E-state index in [2.05, 4.69) is 0 Å². The van der Waals surface area contributed by atoms with Crippen LogP contribution in [0.3, 0.4) is 0 Å². The number of hydrogen-bond acceptors (Lipinski definition) is 5. The van der Waals surface area contributed by atoms with Crippen molar-refractivity contribution in [3.8, 4) is 5.75 Å². The lowest BCUT2D eigenvalue weighted by atomic mass is 10.2. The molecular formula is C19H19FN2O5S. The molecule has 2 aromatic carbocycles. The van der Waals surface area contributed by atoms with E-state index in [4.69, 9.17) is 4.74 Å². The van der Waals surface area contributed by atoms with E-state index in [0.717, 1.165) is 10.4 Å². The highest BCUT2D eigenvalue weighted by molar-refractivity contribution is 7.89. The van der Waals surface area contributed by atoms with E-state index in [9.17, 15) is 22.4 Å². The summed E-state index contributed by atoms with van der Waals surface area (Å²) in [6, 6.07) is 11.8. The van der Waals surface area contributed by atoms with E-state index in [0.29, 0.717) is 17.6 Å². The monoisotopic (exact) mass is 406 g/mol. The summed E-state index contributed by atoms with van der Waals surface area (Å²) in [5.41, 5.74) is 0.344. The number of carbonyl (C=O) groups is 2. The largest absolute Gasteiger partial charge is 0.483 e. The first-order chi connectivity index (χ1) is 13.4. The average molecular weight is 406 g/mol. The number of nitrogens with zero attached hydrogens (tertiary/aromatic N) is 2. The first-order valence-corrected chi connectivity index (χ1v) is 10.1. The number of para-hydroxylation sites is 1. The topological polar surface area (TPSA) is 84.0 Å². The van der Waals surface area contributed by atoms with Crippen molar-refractivity contribution >= 4 is 22.2 Å². The summed E-state index contributed by atoms with van der Waals surface area (Å²) in [6.45, 7) is 0.210. The third-order valence-corrected chi connectivity index (χ3v) is 6.37. The van der Waals surface area contributed by atoms with Crippen LogP contribution in [0.15, 0.2) is 53.4 Å². The molecule has 1 heterocycles. The third kappa shape index (κ3) is 4.20. The van der Waals surface area contributed by atoms with E-state index < -0.39 is 15.8 Å². The van der Waals surface area contributed by atoms with Gasteiger partial charge in [-0.15, -0.1) is 0 Å². The highest BCUT2D eigenvalue weighted by Gasteiger charge is 2.31. The number of piperazine rings is 1. The molecule has 1 aliphatic rings. The zero-order valence-corrected chi connectivity index (χ0v) is 15.8. The highest BCUT2D eigenvalue weighted by atomic mass is 32.2. The Bertz CT molecular complexity index is 972. The van der Waals surface area contributed by atoms with Crippen molar-refractivity contribution in [3.05, 3.63) is 59.9 Å². The fourth-order valence-electron chi connectivity index (χ4n) is 2.91. The van der Waals surface area contributed by atoms with Crippen molar-refractivity contribution < 1.29 is 27.1 Å². The Hall–Kier alpha value is -2.78. The molecule has 0 bridgehead atoms. The molecule has 1 saturated heterocycles. The molecule has 1 aliphatic heterocycles. The molecule has 148 valence electrons. The number of sulfonamides is 1. The molecule has 0 spiro atoms. The molecule has 0 radical (unpaired) electrons. The average Bonchev–Trinajstić information content (AvgIpc) is 2.72. The first kappa shape index (κ1) is 20.0. The van der Waals surface area contributed by atoms with Gasteiger partial charge in [0.2, 0.25) is 10.0 Å². The van der Waals surface area contributed by atoms with E-state index in [1.165, 1.54) is 23.1 Å². The highest BCUT2D eigenvalue weighted by Crippen LogP contribution is 2.21. The lowest BCUT2D eigenvalue weighted by Crippen LogP contribution is -2.51. The summed E-state index contributed by atoms with van der Waals surface area (Å²) in [5.74, 6) is -0.807. The van der Waals surface area contributed by atoms with Crippen LogP contribution in [0.4, 0.5) is 4.39 Å².